The Morgan fingerprint density at radius 2 is 1.64 bits per heavy atom. The second-order valence-corrected chi connectivity index (χ2v) is 13.0. The Bertz CT molecular complexity index is 1560. The monoisotopic (exact) mass is 606 g/mol. The molecule has 1 aliphatic heterocycles. The molecule has 0 spiro atoms. The van der Waals surface area contributed by atoms with Gasteiger partial charge in [0.25, 0.3) is 5.91 Å². The first kappa shape index (κ1) is 31.3. The van der Waals surface area contributed by atoms with Crippen LogP contribution in [0.4, 0.5) is 18.9 Å². The van der Waals surface area contributed by atoms with Gasteiger partial charge in [0.15, 0.2) is 0 Å². The number of nitrogens with zero attached hydrogens (tertiary/aromatic N) is 1. The highest BCUT2D eigenvalue weighted by Gasteiger charge is 2.52. The highest BCUT2D eigenvalue weighted by Crippen LogP contribution is 2.50. The number of halogens is 3. The van der Waals surface area contributed by atoms with E-state index in [1.54, 1.807) is 41.3 Å². The van der Waals surface area contributed by atoms with E-state index < -0.39 is 34.9 Å². The molecule has 6 nitrogen and oxygen atoms in total. The molecule has 232 valence electrons. The molecule has 9 heteroatoms. The Morgan fingerprint density at radius 3 is 2.25 bits per heavy atom. The summed E-state index contributed by atoms with van der Waals surface area (Å²) in [4.78, 5) is 40.7. The quantitative estimate of drug-likeness (QED) is 0.257. The predicted octanol–water partition coefficient (Wildman–Crippen LogP) is 7.43. The summed E-state index contributed by atoms with van der Waals surface area (Å²) < 4.78 is 47.6. The van der Waals surface area contributed by atoms with Gasteiger partial charge in [-0.2, -0.15) is 13.2 Å². The number of amides is 2. The number of alkyl halides is 3. The summed E-state index contributed by atoms with van der Waals surface area (Å²) in [5, 5.41) is 2.69. The Labute approximate surface area is 255 Å². The van der Waals surface area contributed by atoms with E-state index in [0.717, 1.165) is 23.6 Å². The van der Waals surface area contributed by atoms with Crippen molar-refractivity contribution in [3.05, 3.63) is 101 Å². The highest BCUT2D eigenvalue weighted by atomic mass is 19.4. The van der Waals surface area contributed by atoms with Gasteiger partial charge in [0.2, 0.25) is 5.91 Å². The summed E-state index contributed by atoms with van der Waals surface area (Å²) in [6.45, 7) is 7.22. The lowest BCUT2D eigenvalue weighted by molar-refractivity contribution is -0.178. The van der Waals surface area contributed by atoms with Crippen LogP contribution in [0.1, 0.15) is 79.1 Å². The molecule has 2 aliphatic rings. The number of anilines is 1. The number of nitrogens with one attached hydrogen (secondary N) is 1. The van der Waals surface area contributed by atoms with Crippen LogP contribution in [-0.4, -0.2) is 34.5 Å². The number of rotatable bonds is 9. The van der Waals surface area contributed by atoms with Crippen molar-refractivity contribution in [2.45, 2.75) is 77.7 Å². The van der Waals surface area contributed by atoms with Crippen molar-refractivity contribution in [3.8, 4) is 0 Å². The van der Waals surface area contributed by atoms with Crippen molar-refractivity contribution in [1.29, 1.82) is 0 Å². The van der Waals surface area contributed by atoms with E-state index in [9.17, 15) is 27.6 Å². The first-order chi connectivity index (χ1) is 20.6. The van der Waals surface area contributed by atoms with Gasteiger partial charge >= 0.3 is 12.1 Å². The lowest BCUT2D eigenvalue weighted by Crippen LogP contribution is -2.34. The van der Waals surface area contributed by atoms with E-state index in [4.69, 9.17) is 4.74 Å². The zero-order valence-corrected chi connectivity index (χ0v) is 25.3. The summed E-state index contributed by atoms with van der Waals surface area (Å²) >= 11 is 0. The molecule has 5 rings (SSSR count). The van der Waals surface area contributed by atoms with Gasteiger partial charge in [0, 0.05) is 24.3 Å². The van der Waals surface area contributed by atoms with Crippen molar-refractivity contribution < 1.29 is 32.3 Å². The van der Waals surface area contributed by atoms with E-state index in [1.807, 2.05) is 45.0 Å². The molecule has 3 aromatic rings. The number of hydrogen-bond acceptors (Lipinski definition) is 4. The topological polar surface area (TPSA) is 75.7 Å². The van der Waals surface area contributed by atoms with Gasteiger partial charge in [-0.25, -0.2) is 0 Å². The van der Waals surface area contributed by atoms with Crippen LogP contribution in [0, 0.1) is 11.3 Å². The van der Waals surface area contributed by atoms with Gasteiger partial charge in [0.05, 0.1) is 17.3 Å². The molecule has 0 aromatic heterocycles. The van der Waals surface area contributed by atoms with Crippen LogP contribution < -0.4 is 5.32 Å². The van der Waals surface area contributed by atoms with Gasteiger partial charge in [-0.05, 0) is 80.5 Å². The number of ether oxygens (including phenoxy) is 1. The standard InChI is InChI=1S/C35H37F3N2O4/c1-22(35(36,37)38)29(25-14-12-23(13-15-25)20-40-21-26-9-5-6-11-28(26)31(40)42)30(41)39-27-10-7-8-24(18-27)19-34(16-17-34)32(43)44-33(2,3)4/h5-15,18,22,29H,16-17,19-21H2,1-4H3,(H,39,41)/t22-,29+/m1/s1. The van der Waals surface area contributed by atoms with E-state index in [1.165, 1.54) is 12.1 Å². The third kappa shape index (κ3) is 6.98. The van der Waals surface area contributed by atoms with Gasteiger partial charge in [-0.15, -0.1) is 0 Å². The molecule has 2 atom stereocenters. The Kier molecular flexibility index (Phi) is 8.35. The molecule has 1 fully saturated rings. The fourth-order valence-electron chi connectivity index (χ4n) is 5.71. The third-order valence-electron chi connectivity index (χ3n) is 8.33. The number of benzene rings is 3. The fraction of sp³-hybridized carbons (Fsp3) is 0.400. The van der Waals surface area contributed by atoms with E-state index in [0.29, 0.717) is 43.6 Å². The summed E-state index contributed by atoms with van der Waals surface area (Å²) in [6, 6.07) is 20.6. The van der Waals surface area contributed by atoms with Crippen molar-refractivity contribution in [1.82, 2.24) is 4.90 Å². The summed E-state index contributed by atoms with van der Waals surface area (Å²) in [6.07, 6.45) is -2.81. The first-order valence-corrected chi connectivity index (χ1v) is 14.8. The Hall–Kier alpha value is -4.14. The Balaban J connectivity index is 1.30. The molecule has 0 bridgehead atoms. The molecule has 44 heavy (non-hydrogen) atoms. The molecule has 1 heterocycles. The van der Waals surface area contributed by atoms with Gasteiger partial charge in [0.1, 0.15) is 5.60 Å². The first-order valence-electron chi connectivity index (χ1n) is 14.8. The zero-order valence-electron chi connectivity index (χ0n) is 25.3. The average Bonchev–Trinajstić information content (AvgIpc) is 3.66. The minimum atomic E-state index is -4.61. The third-order valence-corrected chi connectivity index (χ3v) is 8.33. The number of fused-ring (bicyclic) bond motifs is 1. The molecule has 3 aromatic carbocycles. The van der Waals surface area contributed by atoms with E-state index in [-0.39, 0.29) is 17.4 Å². The van der Waals surface area contributed by atoms with Crippen LogP contribution in [0.15, 0.2) is 72.8 Å². The van der Waals surface area contributed by atoms with E-state index in [2.05, 4.69) is 5.32 Å². The molecular weight excluding hydrogens is 569 g/mol. The molecule has 1 N–H and O–H groups in total. The summed E-state index contributed by atoms with van der Waals surface area (Å²) in [7, 11) is 0. The zero-order chi connectivity index (χ0) is 31.9. The predicted molar refractivity (Wildman–Crippen MR) is 161 cm³/mol. The second-order valence-electron chi connectivity index (χ2n) is 13.0. The maximum Gasteiger partial charge on any atom is 0.392 e. The van der Waals surface area contributed by atoms with Crippen LogP contribution >= 0.6 is 0 Å². The molecule has 0 unspecified atom stereocenters. The van der Waals surface area contributed by atoms with Crippen LogP contribution in [-0.2, 0) is 33.8 Å². The van der Waals surface area contributed by atoms with Crippen molar-refractivity contribution in [2.75, 3.05) is 5.32 Å². The lowest BCUT2D eigenvalue weighted by atomic mass is 9.85. The second kappa shape index (κ2) is 11.7. The van der Waals surface area contributed by atoms with E-state index >= 15 is 0 Å². The van der Waals surface area contributed by atoms with Crippen molar-refractivity contribution >= 4 is 23.5 Å². The van der Waals surface area contributed by atoms with Crippen LogP contribution in [0.25, 0.3) is 0 Å². The smallest absolute Gasteiger partial charge is 0.392 e. The lowest BCUT2D eigenvalue weighted by Gasteiger charge is -2.26. The average molecular weight is 607 g/mol. The number of esters is 1. The summed E-state index contributed by atoms with van der Waals surface area (Å²) in [5.41, 5.74) is 2.48. The number of carbonyl (C=O) groups is 3. The minimum Gasteiger partial charge on any atom is -0.460 e. The maximum atomic E-state index is 14.0. The maximum absolute atomic E-state index is 14.0. The Morgan fingerprint density at radius 1 is 0.955 bits per heavy atom. The number of hydrogen-bond donors (Lipinski definition) is 1. The molecule has 2 amide bonds. The summed E-state index contributed by atoms with van der Waals surface area (Å²) in [5.74, 6) is -4.58. The SMILES string of the molecule is C[C@H]([C@H](C(=O)Nc1cccc(CC2(C(=O)OC(C)(C)C)CC2)c1)c1ccc(CN2Cc3ccccc3C2=O)cc1)C(F)(F)F. The van der Waals surface area contributed by atoms with Crippen molar-refractivity contribution in [2.24, 2.45) is 11.3 Å². The molecule has 0 saturated heterocycles. The van der Waals surface area contributed by atoms with Crippen molar-refractivity contribution in [3.63, 3.8) is 0 Å². The highest BCUT2D eigenvalue weighted by molar-refractivity contribution is 5.98. The molecule has 1 saturated carbocycles. The normalized spacial score (nSPS) is 17.1. The van der Waals surface area contributed by atoms with Crippen LogP contribution in [0.5, 0.6) is 0 Å². The molecule has 0 radical (unpaired) electrons. The van der Waals surface area contributed by atoms with Gasteiger partial charge < -0.3 is 15.0 Å². The van der Waals surface area contributed by atoms with Gasteiger partial charge in [-0.3, -0.25) is 14.4 Å². The van der Waals surface area contributed by atoms with Crippen LogP contribution in [0.2, 0.25) is 0 Å². The molecular formula is C35H37F3N2O4. The largest absolute Gasteiger partial charge is 0.460 e. The van der Waals surface area contributed by atoms with Crippen LogP contribution in [0.3, 0.4) is 0 Å². The molecule has 1 aliphatic carbocycles. The van der Waals surface area contributed by atoms with Gasteiger partial charge in [-0.1, -0.05) is 61.5 Å². The minimum absolute atomic E-state index is 0.0893. The number of carbonyl (C=O) groups excluding carboxylic acids is 3. The fourth-order valence-corrected chi connectivity index (χ4v) is 5.71.